The molecule has 70 heavy (non-hydrogen) atoms. The largest absolute Gasteiger partial charge is 0.311 e. The maximum absolute atomic E-state index is 4.96. The standard InChI is InChI=1S/C64H66BN3S2/c1-59(2,3)37-20-25-41(26-21-37)67-49-32-39(61(7,8)9)24-29-48(49)65-54-50(67)33-40(62(10,11)12)34-51(54)68(42-27-22-38(23-28-42)60(4,5)6)58-55(65)53-45-35-52(63(13,14)15)69-56(45)64(57(53)70-58)46-19-17-16-18-43(46)44-30-31-66-36-47(44)64/h16-36H,1-15H3. The summed E-state index contributed by atoms with van der Waals surface area (Å²) in [5, 5.41) is 1.32. The van der Waals surface area contributed by atoms with Gasteiger partial charge in [-0.1, -0.05) is 165 Å². The van der Waals surface area contributed by atoms with Crippen LogP contribution in [0.5, 0.6) is 0 Å². The second-order valence-corrected chi connectivity index (χ2v) is 27.8. The lowest BCUT2D eigenvalue weighted by Crippen LogP contribution is -2.61. The van der Waals surface area contributed by atoms with Gasteiger partial charge in [-0.2, -0.15) is 0 Å². The van der Waals surface area contributed by atoms with Crippen molar-refractivity contribution < 1.29 is 0 Å². The van der Waals surface area contributed by atoms with E-state index in [9.17, 15) is 0 Å². The molecule has 6 heteroatoms. The van der Waals surface area contributed by atoms with E-state index in [0.29, 0.717) is 0 Å². The number of pyridine rings is 1. The van der Waals surface area contributed by atoms with E-state index in [1.54, 1.807) is 0 Å². The number of hydrogen-bond acceptors (Lipinski definition) is 5. The highest BCUT2D eigenvalue weighted by Gasteiger charge is 2.58. The average Bonchev–Trinajstić information content (AvgIpc) is 4.04. The first-order valence-corrected chi connectivity index (χ1v) is 27.0. The van der Waals surface area contributed by atoms with Gasteiger partial charge in [-0.25, -0.2) is 0 Å². The van der Waals surface area contributed by atoms with Gasteiger partial charge in [0.1, 0.15) is 0 Å². The van der Waals surface area contributed by atoms with Crippen molar-refractivity contribution in [2.75, 3.05) is 9.80 Å². The first-order chi connectivity index (χ1) is 32.9. The van der Waals surface area contributed by atoms with E-state index >= 15 is 0 Å². The maximum Gasteiger partial charge on any atom is 0.254 e. The second kappa shape index (κ2) is 14.7. The minimum absolute atomic E-state index is 0.0224. The quantitative estimate of drug-likeness (QED) is 0.161. The normalized spacial score (nSPS) is 16.8. The van der Waals surface area contributed by atoms with E-state index in [1.807, 2.05) is 28.9 Å². The molecule has 352 valence electrons. The number of thiophene rings is 2. The van der Waals surface area contributed by atoms with Crippen molar-refractivity contribution in [3.05, 3.63) is 176 Å². The van der Waals surface area contributed by atoms with Gasteiger partial charge >= 0.3 is 0 Å². The number of nitrogens with zero attached hydrogens (tertiary/aromatic N) is 3. The van der Waals surface area contributed by atoms with Crippen LogP contribution in [0.25, 0.3) is 22.3 Å². The molecule has 0 N–H and O–H groups in total. The Morgan fingerprint density at radius 2 is 1.00 bits per heavy atom. The number of fused-ring (bicyclic) bond motifs is 15. The summed E-state index contributed by atoms with van der Waals surface area (Å²) >= 11 is 4.06. The summed E-state index contributed by atoms with van der Waals surface area (Å²) in [6.45, 7) is 35.2. The molecular formula is C64H66BN3S2. The molecule has 0 amide bonds. The van der Waals surface area contributed by atoms with Crippen molar-refractivity contribution in [2.24, 2.45) is 0 Å². The first kappa shape index (κ1) is 45.5. The van der Waals surface area contributed by atoms with Gasteiger partial charge in [-0.05, 0) is 154 Å². The van der Waals surface area contributed by atoms with Gasteiger partial charge in [0.2, 0.25) is 0 Å². The van der Waals surface area contributed by atoms with Gasteiger partial charge in [-0.3, -0.25) is 4.98 Å². The highest BCUT2D eigenvalue weighted by Crippen LogP contribution is 2.68. The van der Waals surface area contributed by atoms with Crippen LogP contribution in [0.15, 0.2) is 128 Å². The van der Waals surface area contributed by atoms with E-state index in [2.05, 4.69) is 235 Å². The summed E-state index contributed by atoms with van der Waals surface area (Å²) in [5.41, 5.74) is 23.1. The summed E-state index contributed by atoms with van der Waals surface area (Å²) < 4.78 is 0. The second-order valence-electron chi connectivity index (χ2n) is 25.7. The monoisotopic (exact) mass is 951 g/mol. The Hall–Kier alpha value is -5.69. The molecule has 4 aliphatic rings. The minimum Gasteiger partial charge on any atom is -0.311 e. The van der Waals surface area contributed by atoms with Crippen LogP contribution in [0.1, 0.15) is 152 Å². The van der Waals surface area contributed by atoms with Crippen LogP contribution >= 0.6 is 22.7 Å². The highest BCUT2D eigenvalue weighted by atomic mass is 32.1. The molecule has 5 aromatic carbocycles. The zero-order valence-corrected chi connectivity index (χ0v) is 45.5. The molecular weight excluding hydrogens is 886 g/mol. The number of benzene rings is 5. The maximum atomic E-state index is 4.96. The molecule has 1 atom stereocenters. The van der Waals surface area contributed by atoms with Crippen LogP contribution in [0.3, 0.4) is 0 Å². The molecule has 2 aliphatic heterocycles. The van der Waals surface area contributed by atoms with E-state index in [0.717, 1.165) is 0 Å². The van der Waals surface area contributed by atoms with E-state index in [4.69, 9.17) is 4.98 Å². The molecule has 0 saturated carbocycles. The third-order valence-electron chi connectivity index (χ3n) is 15.9. The van der Waals surface area contributed by atoms with Crippen molar-refractivity contribution in [3.8, 4) is 22.3 Å². The van der Waals surface area contributed by atoms with E-state index in [1.165, 1.54) is 120 Å². The molecule has 0 bridgehead atoms. The molecule has 3 nitrogen and oxygen atoms in total. The van der Waals surface area contributed by atoms with E-state index < -0.39 is 5.41 Å². The Morgan fingerprint density at radius 3 is 1.60 bits per heavy atom. The summed E-state index contributed by atoms with van der Waals surface area (Å²) in [7, 11) is 0. The average molecular weight is 952 g/mol. The smallest absolute Gasteiger partial charge is 0.254 e. The SMILES string of the molecule is CC(C)(C)c1ccc(N2c3cc(C(C)(C)C)ccc3B3c4c2cc(C(C)(C)C)cc4N(c2ccc(C(C)(C)C)cc2)c2sc4c(c23)-c2cc(C(C)(C)C)sc2C42c3ccccc3-c3ccncc32)cc1. The third-order valence-corrected chi connectivity index (χ3v) is 18.9. The number of rotatable bonds is 2. The molecule has 0 fully saturated rings. The van der Waals surface area contributed by atoms with Gasteiger partial charge in [0, 0.05) is 55.5 Å². The van der Waals surface area contributed by atoms with Crippen LogP contribution in [-0.2, 0) is 32.5 Å². The molecule has 2 aliphatic carbocycles. The number of anilines is 6. The fourth-order valence-electron chi connectivity index (χ4n) is 12.0. The lowest BCUT2D eigenvalue weighted by atomic mass is 9.33. The molecule has 1 spiro atoms. The van der Waals surface area contributed by atoms with Crippen LogP contribution in [0.4, 0.5) is 33.4 Å². The fraction of sp³-hybridized carbons (Fsp3) is 0.328. The topological polar surface area (TPSA) is 19.4 Å². The molecule has 12 rings (SSSR count). The van der Waals surface area contributed by atoms with Crippen LogP contribution in [-0.4, -0.2) is 11.7 Å². The van der Waals surface area contributed by atoms with Gasteiger partial charge in [0.15, 0.2) is 0 Å². The zero-order chi connectivity index (χ0) is 49.4. The van der Waals surface area contributed by atoms with Gasteiger partial charge in [-0.15, -0.1) is 22.7 Å². The predicted molar refractivity (Wildman–Crippen MR) is 304 cm³/mol. The molecule has 5 heterocycles. The van der Waals surface area contributed by atoms with Crippen molar-refractivity contribution >= 4 is 79.2 Å². The van der Waals surface area contributed by atoms with Crippen molar-refractivity contribution in [1.82, 2.24) is 4.98 Å². The Kier molecular flexibility index (Phi) is 9.55. The van der Waals surface area contributed by atoms with E-state index in [-0.39, 0.29) is 33.8 Å². The summed E-state index contributed by atoms with van der Waals surface area (Å²) in [6.07, 6.45) is 4.18. The fourth-order valence-corrected chi connectivity index (χ4v) is 15.1. The van der Waals surface area contributed by atoms with Crippen molar-refractivity contribution in [3.63, 3.8) is 0 Å². The lowest BCUT2D eigenvalue weighted by Gasteiger charge is -2.45. The molecule has 8 aromatic rings. The minimum atomic E-state index is -0.497. The van der Waals surface area contributed by atoms with Gasteiger partial charge in [0.25, 0.3) is 6.71 Å². The van der Waals surface area contributed by atoms with Gasteiger partial charge < -0.3 is 9.80 Å². The molecule has 0 radical (unpaired) electrons. The van der Waals surface area contributed by atoms with Crippen molar-refractivity contribution in [2.45, 2.75) is 136 Å². The first-order valence-electron chi connectivity index (χ1n) is 25.4. The summed E-state index contributed by atoms with van der Waals surface area (Å²) in [5.74, 6) is 0. The Bertz CT molecular complexity index is 3410. The predicted octanol–water partition coefficient (Wildman–Crippen LogP) is 16.1. The lowest BCUT2D eigenvalue weighted by molar-refractivity contribution is 0.589. The molecule has 1 unspecified atom stereocenters. The third kappa shape index (κ3) is 6.40. The highest BCUT2D eigenvalue weighted by molar-refractivity contribution is 7.22. The molecule has 0 saturated heterocycles. The Balaban J connectivity index is 1.25. The van der Waals surface area contributed by atoms with Crippen LogP contribution in [0, 0.1) is 0 Å². The Morgan fingerprint density at radius 1 is 0.457 bits per heavy atom. The van der Waals surface area contributed by atoms with Crippen LogP contribution < -0.4 is 26.2 Å². The zero-order valence-electron chi connectivity index (χ0n) is 43.9. The van der Waals surface area contributed by atoms with Crippen molar-refractivity contribution in [1.29, 1.82) is 0 Å². The number of hydrogen-bond donors (Lipinski definition) is 0. The van der Waals surface area contributed by atoms with Crippen LogP contribution in [0.2, 0.25) is 0 Å². The summed E-state index contributed by atoms with van der Waals surface area (Å²) in [4.78, 5) is 14.5. The Labute approximate surface area is 425 Å². The summed E-state index contributed by atoms with van der Waals surface area (Å²) in [6, 6.07) is 45.7. The van der Waals surface area contributed by atoms with Gasteiger partial charge in [0.05, 0.1) is 10.4 Å². The number of aromatic nitrogens is 1. The molecule has 3 aromatic heterocycles.